The molecule has 0 N–H and O–H groups in total. The first-order chi connectivity index (χ1) is 18.7. The normalized spacial score (nSPS) is 20.1. The Labute approximate surface area is 224 Å². The van der Waals surface area contributed by atoms with E-state index in [9.17, 15) is 4.79 Å². The van der Waals surface area contributed by atoms with E-state index in [0.29, 0.717) is 11.1 Å². The molecule has 0 amide bonds. The molecule has 186 valence electrons. The lowest BCUT2D eigenvalue weighted by Crippen LogP contribution is -2.27. The lowest BCUT2D eigenvalue weighted by atomic mass is 9.77. The van der Waals surface area contributed by atoms with Gasteiger partial charge in [0.2, 0.25) is 5.13 Å². The van der Waals surface area contributed by atoms with Gasteiger partial charge in [-0.25, -0.2) is 14.8 Å². The van der Waals surface area contributed by atoms with Crippen molar-refractivity contribution in [3.05, 3.63) is 124 Å². The van der Waals surface area contributed by atoms with E-state index in [1.807, 2.05) is 42.5 Å². The molecule has 1 saturated carbocycles. The fraction of sp³-hybridized carbons (Fsp3) is 0.156. The Hall–Kier alpha value is -4.29. The maximum absolute atomic E-state index is 12.8. The van der Waals surface area contributed by atoms with Gasteiger partial charge in [-0.2, -0.15) is 5.10 Å². The van der Waals surface area contributed by atoms with E-state index < -0.39 is 0 Å². The summed E-state index contributed by atoms with van der Waals surface area (Å²) in [5, 5.41) is 8.97. The number of anilines is 1. The molecule has 1 aliphatic heterocycles. The SMILES string of the molecule is O=c1oc2ccccc2cc1-c1cnc(N2N=C3/C(=C\c4ccccc4)CCC[C@@H]3[C@H]2c2ccccc2)s1. The van der Waals surface area contributed by atoms with Crippen molar-refractivity contribution in [1.29, 1.82) is 0 Å². The van der Waals surface area contributed by atoms with Crippen LogP contribution in [0.15, 0.2) is 117 Å². The third kappa shape index (κ3) is 4.07. The third-order valence-corrected chi connectivity index (χ3v) is 8.40. The van der Waals surface area contributed by atoms with Crippen LogP contribution >= 0.6 is 11.3 Å². The maximum Gasteiger partial charge on any atom is 0.345 e. The highest BCUT2D eigenvalue weighted by Crippen LogP contribution is 2.47. The van der Waals surface area contributed by atoms with Gasteiger partial charge in [-0.05, 0) is 54.2 Å². The summed E-state index contributed by atoms with van der Waals surface area (Å²) >= 11 is 1.48. The predicted molar refractivity (Wildman–Crippen MR) is 154 cm³/mol. The number of para-hydroxylation sites is 1. The van der Waals surface area contributed by atoms with Crippen LogP contribution < -0.4 is 10.6 Å². The monoisotopic (exact) mass is 515 g/mol. The second kappa shape index (κ2) is 9.54. The first-order valence-corrected chi connectivity index (χ1v) is 13.7. The summed E-state index contributed by atoms with van der Waals surface area (Å²) in [6.45, 7) is 0. The van der Waals surface area contributed by atoms with E-state index in [4.69, 9.17) is 14.5 Å². The predicted octanol–water partition coefficient (Wildman–Crippen LogP) is 7.72. The van der Waals surface area contributed by atoms with Crippen LogP contribution in [0.3, 0.4) is 0 Å². The highest BCUT2D eigenvalue weighted by atomic mass is 32.1. The van der Waals surface area contributed by atoms with Gasteiger partial charge in [-0.15, -0.1) is 0 Å². The summed E-state index contributed by atoms with van der Waals surface area (Å²) in [5.74, 6) is 0.277. The van der Waals surface area contributed by atoms with E-state index in [0.717, 1.165) is 40.4 Å². The van der Waals surface area contributed by atoms with E-state index >= 15 is 0 Å². The van der Waals surface area contributed by atoms with E-state index in [1.165, 1.54) is 28.0 Å². The Morgan fingerprint density at radius 1 is 0.947 bits per heavy atom. The van der Waals surface area contributed by atoms with Crippen molar-refractivity contribution >= 4 is 39.2 Å². The fourth-order valence-electron chi connectivity index (χ4n) is 5.62. The second-order valence-corrected chi connectivity index (χ2v) is 10.8. The van der Waals surface area contributed by atoms with E-state index in [2.05, 4.69) is 59.6 Å². The van der Waals surface area contributed by atoms with Crippen molar-refractivity contribution in [2.45, 2.75) is 25.3 Å². The number of hydrogen-bond donors (Lipinski definition) is 0. The molecular weight excluding hydrogens is 490 g/mol. The number of aromatic nitrogens is 1. The van der Waals surface area contributed by atoms with Crippen LogP contribution in [-0.4, -0.2) is 10.7 Å². The summed E-state index contributed by atoms with van der Waals surface area (Å²) < 4.78 is 5.59. The lowest BCUT2D eigenvalue weighted by Gasteiger charge is -2.29. The van der Waals surface area contributed by atoms with Crippen LogP contribution in [0.1, 0.15) is 36.4 Å². The zero-order valence-electron chi connectivity index (χ0n) is 20.7. The highest BCUT2D eigenvalue weighted by molar-refractivity contribution is 7.18. The van der Waals surface area contributed by atoms with Gasteiger partial charge in [0, 0.05) is 17.5 Å². The summed E-state index contributed by atoms with van der Waals surface area (Å²) in [7, 11) is 0. The molecule has 7 rings (SSSR count). The van der Waals surface area contributed by atoms with Crippen molar-refractivity contribution in [1.82, 2.24) is 4.98 Å². The Kier molecular flexibility index (Phi) is 5.74. The van der Waals surface area contributed by atoms with Crippen LogP contribution in [0, 0.1) is 5.92 Å². The molecule has 6 heteroatoms. The number of rotatable bonds is 4. The standard InChI is InChI=1S/C32H25N3O2S/c36-31-26(19-23-14-7-8-17-27(23)37-31)28-20-33-32(38-28)35-30(22-12-5-2-6-13-22)25-16-9-15-24(29(25)34-35)18-21-10-3-1-4-11-21/h1-8,10-14,17-20,25,30H,9,15-16H2/b24-18-/t25-,30+/m0/s1. The van der Waals surface area contributed by atoms with Crippen LogP contribution in [0.5, 0.6) is 0 Å². The van der Waals surface area contributed by atoms with Crippen LogP contribution in [0.25, 0.3) is 27.5 Å². The minimum Gasteiger partial charge on any atom is -0.422 e. The average molecular weight is 516 g/mol. The molecular formula is C32H25N3O2S. The number of allylic oxidation sites excluding steroid dienone is 1. The number of hydrogen-bond acceptors (Lipinski definition) is 6. The quantitative estimate of drug-likeness (QED) is 0.230. The van der Waals surface area contributed by atoms with E-state index in [1.54, 1.807) is 6.20 Å². The molecule has 1 fully saturated rings. The largest absolute Gasteiger partial charge is 0.422 e. The fourth-order valence-corrected chi connectivity index (χ4v) is 6.53. The van der Waals surface area contributed by atoms with Gasteiger partial charge in [0.05, 0.1) is 22.2 Å². The van der Waals surface area contributed by atoms with Crippen LogP contribution in [0.2, 0.25) is 0 Å². The van der Waals surface area contributed by atoms with Crippen LogP contribution in [0.4, 0.5) is 5.13 Å². The Morgan fingerprint density at radius 3 is 2.55 bits per heavy atom. The van der Waals surface area contributed by atoms with Crippen molar-refractivity contribution in [2.24, 2.45) is 11.0 Å². The number of fused-ring (bicyclic) bond motifs is 2. The minimum atomic E-state index is -0.354. The second-order valence-electron chi connectivity index (χ2n) is 9.76. The molecule has 0 bridgehead atoms. The number of thiazole rings is 1. The van der Waals surface area contributed by atoms with Gasteiger partial charge >= 0.3 is 5.63 Å². The highest BCUT2D eigenvalue weighted by Gasteiger charge is 2.42. The topological polar surface area (TPSA) is 58.7 Å². The van der Waals surface area contributed by atoms with Gasteiger partial charge in [0.1, 0.15) is 5.58 Å². The zero-order chi connectivity index (χ0) is 25.5. The molecule has 0 unspecified atom stereocenters. The number of nitrogens with zero attached hydrogens (tertiary/aromatic N) is 3. The van der Waals surface area contributed by atoms with E-state index in [-0.39, 0.29) is 17.6 Å². The van der Waals surface area contributed by atoms with Gasteiger partial charge in [0.25, 0.3) is 0 Å². The number of hydrazone groups is 1. The van der Waals surface area contributed by atoms with Crippen molar-refractivity contribution in [3.63, 3.8) is 0 Å². The molecule has 5 nitrogen and oxygen atoms in total. The summed E-state index contributed by atoms with van der Waals surface area (Å²) in [5.41, 5.74) is 5.62. The van der Waals surface area contributed by atoms with Gasteiger partial charge in [-0.1, -0.05) is 90.2 Å². The van der Waals surface area contributed by atoms with Crippen molar-refractivity contribution in [3.8, 4) is 10.4 Å². The molecule has 2 aromatic heterocycles. The van der Waals surface area contributed by atoms with Gasteiger partial charge in [0.15, 0.2) is 0 Å². The van der Waals surface area contributed by atoms with Crippen molar-refractivity contribution in [2.75, 3.05) is 5.01 Å². The Balaban J connectivity index is 1.32. The Morgan fingerprint density at radius 2 is 1.71 bits per heavy atom. The lowest BCUT2D eigenvalue weighted by molar-refractivity contribution is 0.487. The van der Waals surface area contributed by atoms with Gasteiger partial charge < -0.3 is 4.42 Å². The first kappa shape index (κ1) is 22.9. The minimum absolute atomic E-state index is 0.0534. The Bertz CT molecular complexity index is 1740. The van der Waals surface area contributed by atoms with Crippen LogP contribution in [-0.2, 0) is 0 Å². The third-order valence-electron chi connectivity index (χ3n) is 7.38. The zero-order valence-corrected chi connectivity index (χ0v) is 21.5. The molecule has 38 heavy (non-hydrogen) atoms. The molecule has 2 aliphatic rings. The van der Waals surface area contributed by atoms with Crippen molar-refractivity contribution < 1.29 is 4.42 Å². The summed E-state index contributed by atoms with van der Waals surface area (Å²) in [6, 6.07) is 30.6. The summed E-state index contributed by atoms with van der Waals surface area (Å²) in [4.78, 5) is 18.4. The molecule has 0 radical (unpaired) electrons. The molecule has 3 heterocycles. The first-order valence-electron chi connectivity index (χ1n) is 12.9. The molecule has 3 aromatic carbocycles. The summed E-state index contributed by atoms with van der Waals surface area (Å²) in [6.07, 6.45) is 7.27. The smallest absolute Gasteiger partial charge is 0.345 e. The average Bonchev–Trinajstić information content (AvgIpc) is 3.60. The molecule has 0 spiro atoms. The molecule has 1 aliphatic carbocycles. The maximum atomic E-state index is 12.8. The van der Waals surface area contributed by atoms with Gasteiger partial charge in [-0.3, -0.25) is 0 Å². The molecule has 5 aromatic rings. The molecule has 0 saturated heterocycles. The molecule has 2 atom stereocenters. The number of benzene rings is 3.